The third kappa shape index (κ3) is 19.1. The summed E-state index contributed by atoms with van der Waals surface area (Å²) in [5, 5.41) is 8.43. The maximum Gasteiger partial charge on any atom is 1.00 e. The molecule has 0 fully saturated rings. The second-order valence-electron chi connectivity index (χ2n) is 6.22. The second-order valence-corrected chi connectivity index (χ2v) is 6.49. The molecule has 3 rings (SSSR count). The molecular weight excluding hydrogens is 601 g/mol. The molecule has 0 unspecified atom stereocenters. The molecule has 2 amide bonds. The van der Waals surface area contributed by atoms with E-state index in [1.807, 2.05) is 0 Å². The fourth-order valence-corrected chi connectivity index (χ4v) is 2.27. The minimum absolute atomic E-state index is 0. The summed E-state index contributed by atoms with van der Waals surface area (Å²) in [7, 11) is 0. The van der Waals surface area contributed by atoms with E-state index in [0.717, 1.165) is 4.90 Å². The third-order valence-corrected chi connectivity index (χ3v) is 4.01. The van der Waals surface area contributed by atoms with Crippen molar-refractivity contribution in [2.45, 2.75) is 13.8 Å². The van der Waals surface area contributed by atoms with E-state index in [-0.39, 0.29) is 215 Å². The molecule has 190 valence electrons. The topological polar surface area (TPSA) is 190 Å². The zero-order chi connectivity index (χ0) is 26.1. The molecule has 0 saturated heterocycles. The molecule has 11 nitrogen and oxygen atoms in total. The number of imide groups is 1. The van der Waals surface area contributed by atoms with Gasteiger partial charge in [-0.2, -0.15) is 0 Å². The molecule has 3 N–H and O–H groups in total. The Morgan fingerprint density at radius 2 is 1.21 bits per heavy atom. The number of benzene rings is 2. The number of carbonyl (C=O) groups is 5. The molecule has 0 atom stereocenters. The van der Waals surface area contributed by atoms with Gasteiger partial charge in [-0.3, -0.25) is 40.0 Å². The first-order valence-corrected chi connectivity index (χ1v) is 9.79. The van der Waals surface area contributed by atoms with Gasteiger partial charge in [0.2, 0.25) is 0 Å². The summed E-state index contributed by atoms with van der Waals surface area (Å²) in [4.78, 5) is 76.4. The Bertz CT molecular complexity index is 1000. The van der Waals surface area contributed by atoms with Gasteiger partial charge in [-0.25, -0.2) is 12.1 Å². The molecule has 0 radical (unpaired) electrons. The number of hydrogen-bond donors (Lipinski definition) is 1. The second kappa shape index (κ2) is 29.3. The fraction of sp³-hybridized carbons (Fsp3) is 0.174. The van der Waals surface area contributed by atoms with Crippen LogP contribution in [0.15, 0.2) is 48.5 Å². The van der Waals surface area contributed by atoms with Crippen molar-refractivity contribution in [2.75, 3.05) is 12.4 Å². The van der Waals surface area contributed by atoms with Crippen LogP contribution in [0.3, 0.4) is 0 Å². The maximum absolute atomic E-state index is 11.7. The number of ketones is 2. The molecule has 2 aromatic carbocycles. The molecule has 2 aromatic rings. The van der Waals surface area contributed by atoms with Crippen molar-refractivity contribution in [3.8, 4) is 0 Å². The van der Waals surface area contributed by atoms with Gasteiger partial charge in [0.1, 0.15) is 11.6 Å². The van der Waals surface area contributed by atoms with Gasteiger partial charge in [0, 0.05) is 0 Å². The molecule has 0 aliphatic carbocycles. The average Bonchev–Trinajstić information content (AvgIpc) is 3.09. The average molecular weight is 624 g/mol. The SMILES string of the molecule is CC(=O)CCl.CC(=O)CN1C(=O)c2ccccc2C1=O.N.O=CO[O-].O=[C-]c1ccccc1[C-]=O.[H-].[K+].[K+].[K+]. The van der Waals surface area contributed by atoms with Gasteiger partial charge in [0.15, 0.2) is 0 Å². The van der Waals surface area contributed by atoms with Crippen LogP contribution in [0.25, 0.3) is 0 Å². The van der Waals surface area contributed by atoms with Gasteiger partial charge in [0.05, 0.1) is 23.6 Å². The number of amides is 2. The van der Waals surface area contributed by atoms with Crippen LogP contribution >= 0.6 is 11.6 Å². The molecule has 1 aliphatic heterocycles. The minimum Gasteiger partial charge on any atom is -1.00 e. The van der Waals surface area contributed by atoms with Gasteiger partial charge in [-0.05, 0) is 38.6 Å². The Labute approximate surface area is 354 Å². The molecule has 0 bridgehead atoms. The number of Topliss-reactive ketones (excluding diaryl/α,β-unsaturated/α-hetero) is 2. The van der Waals surface area contributed by atoms with Gasteiger partial charge < -0.3 is 27.3 Å². The summed E-state index contributed by atoms with van der Waals surface area (Å²) in [5.74, 6) is -0.812. The summed E-state index contributed by atoms with van der Waals surface area (Å²) in [6, 6.07) is 13.0. The quantitative estimate of drug-likeness (QED) is 0.0615. The fourth-order valence-electron chi connectivity index (χ4n) is 2.27. The predicted molar refractivity (Wildman–Crippen MR) is 123 cm³/mol. The molecule has 1 heterocycles. The number of hydrogen-bond acceptors (Lipinski definition) is 10. The standard InChI is InChI=1S/C11H9NO3.C8H4O2.C3H5ClO.CH2O3.3K.H3N.H/c1-7(13)6-12-10(14)8-4-2-3-5-9(8)11(12)15;9-5-7-3-1-2-4-8(7)6-10;1-3(5)2-4;2-1-4-3;;;;;/h2-5H,6H2,1H3;1-4H;2H2,1H3;1,3H;;;;1H3;/q;-2;;;3*+1;;-1/p-1. The monoisotopic (exact) mass is 623 g/mol. The summed E-state index contributed by atoms with van der Waals surface area (Å²) >= 11 is 4.99. The summed E-state index contributed by atoms with van der Waals surface area (Å²) in [6.45, 7) is 2.48. The van der Waals surface area contributed by atoms with E-state index in [1.165, 1.54) is 26.0 Å². The van der Waals surface area contributed by atoms with Gasteiger partial charge in [0.25, 0.3) is 18.3 Å². The molecule has 1 aliphatic rings. The maximum atomic E-state index is 11.7. The van der Waals surface area contributed by atoms with Crippen LogP contribution < -0.4 is 166 Å². The van der Waals surface area contributed by atoms with Crippen LogP contribution in [0.1, 0.15) is 47.1 Å². The molecular formula is C23H23ClK3N2O9-. The van der Waals surface area contributed by atoms with Crippen molar-refractivity contribution in [2.24, 2.45) is 0 Å². The van der Waals surface area contributed by atoms with E-state index in [4.69, 9.17) is 21.7 Å². The Balaban J connectivity index is -0.000000100. The molecule has 0 aromatic heterocycles. The minimum atomic E-state index is -0.384. The van der Waals surface area contributed by atoms with Gasteiger partial charge in [-0.1, -0.05) is 12.1 Å². The number of alkyl halides is 1. The van der Waals surface area contributed by atoms with Gasteiger partial charge in [-0.15, -0.1) is 23.7 Å². The summed E-state index contributed by atoms with van der Waals surface area (Å²) < 4.78 is 0. The number of rotatable bonds is 6. The summed E-state index contributed by atoms with van der Waals surface area (Å²) in [5.41, 5.74) is 1.28. The van der Waals surface area contributed by atoms with E-state index in [0.29, 0.717) is 11.1 Å². The number of carbonyl (C=O) groups excluding carboxylic acids is 7. The van der Waals surface area contributed by atoms with E-state index >= 15 is 0 Å². The smallest absolute Gasteiger partial charge is 1.00 e. The molecule has 38 heavy (non-hydrogen) atoms. The predicted octanol–water partition coefficient (Wildman–Crippen LogP) is -7.99. The van der Waals surface area contributed by atoms with E-state index in [2.05, 4.69) is 4.89 Å². The molecule has 0 spiro atoms. The van der Waals surface area contributed by atoms with Crippen molar-refractivity contribution in [3.05, 3.63) is 70.8 Å². The number of fused-ring (bicyclic) bond motifs is 1. The zero-order valence-electron chi connectivity index (χ0n) is 22.8. The van der Waals surface area contributed by atoms with Crippen LogP contribution in [-0.4, -0.2) is 59.8 Å². The van der Waals surface area contributed by atoms with Crippen molar-refractivity contribution in [3.63, 3.8) is 0 Å². The van der Waals surface area contributed by atoms with E-state index in [1.54, 1.807) is 49.0 Å². The third-order valence-electron chi connectivity index (χ3n) is 3.63. The summed E-state index contributed by atoms with van der Waals surface area (Å²) in [6.07, 6.45) is 3.27. The van der Waals surface area contributed by atoms with Crippen molar-refractivity contribution in [1.29, 1.82) is 0 Å². The number of nitrogens with zero attached hydrogens (tertiary/aromatic N) is 1. The largest absolute Gasteiger partial charge is 1.00 e. The van der Waals surface area contributed by atoms with Gasteiger partial charge >= 0.3 is 154 Å². The normalized spacial score (nSPS) is 9.53. The first-order valence-electron chi connectivity index (χ1n) is 9.26. The Kier molecular flexibility index (Phi) is 37.5. The number of halogens is 1. The van der Waals surface area contributed by atoms with Crippen molar-refractivity contribution >= 4 is 54.0 Å². The Morgan fingerprint density at radius 3 is 1.45 bits per heavy atom. The molecule has 15 heteroatoms. The van der Waals surface area contributed by atoms with E-state index < -0.39 is 0 Å². The van der Waals surface area contributed by atoms with Crippen LogP contribution in [0, 0.1) is 0 Å². The van der Waals surface area contributed by atoms with Crippen LogP contribution in [0.2, 0.25) is 0 Å². The van der Waals surface area contributed by atoms with E-state index in [9.17, 15) is 28.8 Å². The van der Waals surface area contributed by atoms with Crippen molar-refractivity contribution < 1.29 is 199 Å². The van der Waals surface area contributed by atoms with Crippen LogP contribution in [-0.2, 0) is 28.9 Å². The zero-order valence-corrected chi connectivity index (χ0v) is 31.9. The van der Waals surface area contributed by atoms with Crippen LogP contribution in [0.5, 0.6) is 0 Å². The Hall–Kier alpha value is 0.849. The first kappa shape index (κ1) is 48.6. The first-order chi connectivity index (χ1) is 16.2. The molecule has 0 saturated carbocycles. The van der Waals surface area contributed by atoms with Crippen LogP contribution in [0.4, 0.5) is 0 Å². The Morgan fingerprint density at radius 1 is 0.895 bits per heavy atom. The van der Waals surface area contributed by atoms with Crippen molar-refractivity contribution in [1.82, 2.24) is 11.1 Å².